The number of fused-ring (bicyclic) bond motifs is 3. The summed E-state index contributed by atoms with van der Waals surface area (Å²) in [5, 5.41) is 11.8. The number of hydrogen-bond acceptors (Lipinski definition) is 4. The number of benzene rings is 3. The van der Waals surface area contributed by atoms with E-state index in [1.54, 1.807) is 18.3 Å². The third-order valence-electron chi connectivity index (χ3n) is 5.81. The van der Waals surface area contributed by atoms with Gasteiger partial charge in [0.2, 0.25) is 0 Å². The van der Waals surface area contributed by atoms with E-state index in [4.69, 9.17) is 4.42 Å². The number of para-hydroxylation sites is 2. The topological polar surface area (TPSA) is 59.2 Å². The van der Waals surface area contributed by atoms with Gasteiger partial charge in [-0.05, 0) is 55.4 Å². The average Bonchev–Trinajstić information content (AvgIpc) is 3.26. The number of nitrogens with zero attached hydrogens (tertiary/aromatic N) is 2. The summed E-state index contributed by atoms with van der Waals surface area (Å²) in [6.45, 7) is 4.16. The van der Waals surface area contributed by atoms with E-state index in [2.05, 4.69) is 42.0 Å². The molecule has 6 rings (SSSR count). The van der Waals surface area contributed by atoms with Crippen LogP contribution in [0.3, 0.4) is 0 Å². The Labute approximate surface area is 217 Å². The Morgan fingerprint density at radius 1 is 0.771 bits per heavy atom. The first kappa shape index (κ1) is 24.3. The first-order valence-electron chi connectivity index (χ1n) is 11.1. The molecule has 0 aliphatic carbocycles. The maximum atomic E-state index is 9.52. The first-order valence-corrected chi connectivity index (χ1v) is 11.1. The van der Waals surface area contributed by atoms with E-state index in [-0.39, 0.29) is 25.9 Å². The fraction of sp³-hybridized carbons (Fsp3) is 0.0667. The van der Waals surface area contributed by atoms with E-state index in [1.165, 1.54) is 11.1 Å². The van der Waals surface area contributed by atoms with Crippen LogP contribution >= 0.6 is 0 Å². The number of aromatic hydroxyl groups is 1. The summed E-state index contributed by atoms with van der Waals surface area (Å²) in [6, 6.07) is 30.2. The predicted molar refractivity (Wildman–Crippen MR) is 137 cm³/mol. The number of aryl methyl sites for hydroxylation is 2. The summed E-state index contributed by atoms with van der Waals surface area (Å²) in [6.07, 6.45) is 3.61. The smallest absolute Gasteiger partial charge is 0.124 e. The summed E-state index contributed by atoms with van der Waals surface area (Å²) in [7, 11) is 0. The maximum Gasteiger partial charge on any atom is 0.124 e. The van der Waals surface area contributed by atoms with E-state index in [1.807, 2.05) is 66.9 Å². The molecule has 3 aromatic heterocycles. The van der Waals surface area contributed by atoms with Gasteiger partial charge < -0.3 is 14.5 Å². The van der Waals surface area contributed by atoms with Crippen LogP contribution in [0.4, 0.5) is 0 Å². The maximum absolute atomic E-state index is 9.52. The quantitative estimate of drug-likeness (QED) is 0.200. The molecule has 1 N–H and O–H groups in total. The molecule has 0 saturated carbocycles. The molecule has 3 aromatic carbocycles. The molecule has 4 nitrogen and oxygen atoms in total. The van der Waals surface area contributed by atoms with Crippen LogP contribution in [-0.4, -0.2) is 15.1 Å². The normalized spacial score (nSPS) is 10.5. The molecule has 0 aliphatic heterocycles. The Hall–Kier alpha value is -3.79. The summed E-state index contributed by atoms with van der Waals surface area (Å²) in [5.41, 5.74) is 7.56. The Bertz CT molecular complexity index is 1590. The molecule has 0 bridgehead atoms. The Morgan fingerprint density at radius 2 is 1.54 bits per heavy atom. The predicted octanol–water partition coefficient (Wildman–Crippen LogP) is 7.52. The molecule has 6 aromatic rings. The number of aromatic nitrogens is 2. The van der Waals surface area contributed by atoms with Crippen LogP contribution in [0.15, 0.2) is 102 Å². The van der Waals surface area contributed by atoms with Crippen molar-refractivity contribution in [1.82, 2.24) is 9.97 Å². The molecule has 0 spiro atoms. The van der Waals surface area contributed by atoms with Crippen LogP contribution < -0.4 is 0 Å². The van der Waals surface area contributed by atoms with Gasteiger partial charge in [0.15, 0.2) is 0 Å². The zero-order chi connectivity index (χ0) is 23.5. The van der Waals surface area contributed by atoms with Gasteiger partial charge in [-0.3, -0.25) is 4.98 Å². The number of hydrogen-bond donors (Lipinski definition) is 1. The summed E-state index contributed by atoms with van der Waals surface area (Å²) in [5.74, 6) is 0.265. The van der Waals surface area contributed by atoms with E-state index in [0.717, 1.165) is 44.5 Å². The van der Waals surface area contributed by atoms with Crippen molar-refractivity contribution in [3.63, 3.8) is 0 Å². The van der Waals surface area contributed by atoms with Gasteiger partial charge >= 0.3 is 0 Å². The molecule has 3 heterocycles. The molecule has 5 heteroatoms. The molecule has 35 heavy (non-hydrogen) atoms. The van der Waals surface area contributed by atoms with Gasteiger partial charge in [0.05, 0.1) is 11.3 Å². The average molecular weight is 636 g/mol. The van der Waals surface area contributed by atoms with Crippen LogP contribution in [0, 0.1) is 19.9 Å². The molecule has 0 atom stereocenters. The second-order valence-electron chi connectivity index (χ2n) is 8.08. The number of pyridine rings is 2. The van der Waals surface area contributed by atoms with Crippen molar-refractivity contribution in [2.75, 3.05) is 0 Å². The number of rotatable bonds is 2. The van der Waals surface area contributed by atoms with E-state index < -0.39 is 0 Å². The third kappa shape index (κ3) is 5.02. The van der Waals surface area contributed by atoms with Gasteiger partial charge in [0, 0.05) is 43.4 Å². The zero-order valence-electron chi connectivity index (χ0n) is 19.3. The van der Waals surface area contributed by atoms with Crippen molar-refractivity contribution in [2.24, 2.45) is 0 Å². The minimum atomic E-state index is 0. The molecular weight excluding hydrogens is 613 g/mol. The number of phenolic OH excluding ortho intramolecular Hbond substituents is 1. The number of phenols is 1. The molecule has 0 fully saturated rings. The van der Waals surface area contributed by atoms with Crippen molar-refractivity contribution >= 4 is 21.9 Å². The van der Waals surface area contributed by atoms with Crippen LogP contribution in [0.1, 0.15) is 11.1 Å². The van der Waals surface area contributed by atoms with Gasteiger partial charge in [-0.1, -0.05) is 59.0 Å². The van der Waals surface area contributed by atoms with Gasteiger partial charge in [-0.25, -0.2) is 0 Å². The van der Waals surface area contributed by atoms with Crippen LogP contribution in [0.2, 0.25) is 0 Å². The van der Waals surface area contributed by atoms with Crippen molar-refractivity contribution in [2.45, 2.75) is 13.8 Å². The molecular formula is C30H23IrN2O2-. The summed E-state index contributed by atoms with van der Waals surface area (Å²) >= 11 is 0. The Kier molecular flexibility index (Phi) is 7.40. The molecule has 175 valence electrons. The molecule has 0 amide bonds. The monoisotopic (exact) mass is 636 g/mol. The van der Waals surface area contributed by atoms with Gasteiger partial charge in [-0.2, -0.15) is 0 Å². The van der Waals surface area contributed by atoms with Crippen LogP contribution in [0.25, 0.3) is 44.5 Å². The molecule has 0 saturated heterocycles. The van der Waals surface area contributed by atoms with E-state index in [0.29, 0.717) is 0 Å². The largest absolute Gasteiger partial charge is 0.507 e. The minimum absolute atomic E-state index is 0. The minimum Gasteiger partial charge on any atom is -0.507 e. The van der Waals surface area contributed by atoms with Crippen LogP contribution in [-0.2, 0) is 20.1 Å². The van der Waals surface area contributed by atoms with Gasteiger partial charge in [0.25, 0.3) is 0 Å². The Balaban J connectivity index is 0.000000179. The fourth-order valence-electron chi connectivity index (χ4n) is 3.85. The molecule has 1 radical (unpaired) electrons. The zero-order valence-corrected chi connectivity index (χ0v) is 21.7. The van der Waals surface area contributed by atoms with Crippen LogP contribution in [0.5, 0.6) is 5.75 Å². The van der Waals surface area contributed by atoms with E-state index in [9.17, 15) is 5.11 Å². The standard InChI is InChI=1S/C19H14NO.C11H9NO.Ir/c1-12-10-17(20-11-13(12)2)16-8-5-7-15-14-6-3-4-9-18(14)21-19(15)16;13-11-7-2-1-5-9(11)10-6-3-4-8-12-10;/h3-7,9-11H,1-2H3;1-8,13H;/q-1;;. The van der Waals surface area contributed by atoms with Crippen molar-refractivity contribution < 1.29 is 29.6 Å². The van der Waals surface area contributed by atoms with Gasteiger partial charge in [-0.15, -0.1) is 18.2 Å². The van der Waals surface area contributed by atoms with Crippen molar-refractivity contribution in [3.05, 3.63) is 115 Å². The first-order chi connectivity index (χ1) is 16.6. The third-order valence-corrected chi connectivity index (χ3v) is 5.81. The summed E-state index contributed by atoms with van der Waals surface area (Å²) < 4.78 is 6.04. The SMILES string of the molecule is Cc1cnc(-c2[c-]ccc3c2oc2ccccc23)cc1C.Oc1ccccc1-c1ccccn1.[Ir]. The second kappa shape index (κ2) is 10.6. The summed E-state index contributed by atoms with van der Waals surface area (Å²) in [4.78, 5) is 8.69. The molecule has 0 unspecified atom stereocenters. The van der Waals surface area contributed by atoms with Gasteiger partial charge in [0.1, 0.15) is 11.3 Å². The van der Waals surface area contributed by atoms with Crippen molar-refractivity contribution in [3.8, 4) is 28.3 Å². The number of furan rings is 1. The fourth-order valence-corrected chi connectivity index (χ4v) is 3.85. The van der Waals surface area contributed by atoms with E-state index >= 15 is 0 Å². The van der Waals surface area contributed by atoms with Crippen molar-refractivity contribution in [1.29, 1.82) is 0 Å². The second-order valence-corrected chi connectivity index (χ2v) is 8.08. The molecule has 0 aliphatic rings. The Morgan fingerprint density at radius 3 is 2.31 bits per heavy atom.